The lowest BCUT2D eigenvalue weighted by Gasteiger charge is -2.40. The number of hydrogen-bond acceptors (Lipinski definition) is 5. The number of ether oxygens (including phenoxy) is 2. The monoisotopic (exact) mass is 390 g/mol. The van der Waals surface area contributed by atoms with E-state index in [1.54, 1.807) is 46.4 Å². The van der Waals surface area contributed by atoms with Crippen molar-refractivity contribution in [1.82, 2.24) is 4.90 Å². The average Bonchev–Trinajstić information content (AvgIpc) is 3.36. The number of para-hydroxylation sites is 1. The number of rotatable bonds is 4. The molecule has 2 aliphatic rings. The normalized spacial score (nSPS) is 17.1. The maximum atomic E-state index is 13.5. The summed E-state index contributed by atoms with van der Waals surface area (Å²) in [4.78, 5) is 30.2. The van der Waals surface area contributed by atoms with Crippen LogP contribution in [-0.4, -0.2) is 30.9 Å². The van der Waals surface area contributed by atoms with Crippen LogP contribution < -0.4 is 14.4 Å². The summed E-state index contributed by atoms with van der Waals surface area (Å²) in [6.45, 7) is 0.238. The molecule has 0 fully saturated rings. The largest absolute Gasteiger partial charge is 0.493 e. The zero-order valence-electron chi connectivity index (χ0n) is 15.9. The second kappa shape index (κ2) is 6.41. The van der Waals surface area contributed by atoms with Gasteiger partial charge >= 0.3 is 0 Å². The molecule has 1 atom stereocenters. The van der Waals surface area contributed by atoms with Gasteiger partial charge in [0, 0.05) is 5.56 Å². The maximum absolute atomic E-state index is 13.5. The first kappa shape index (κ1) is 17.4. The summed E-state index contributed by atoms with van der Waals surface area (Å²) < 4.78 is 16.4. The van der Waals surface area contributed by atoms with Crippen LogP contribution in [0.4, 0.5) is 5.69 Å². The fraction of sp³-hybridized carbons (Fsp3) is 0.182. The Labute approximate surface area is 167 Å². The van der Waals surface area contributed by atoms with E-state index in [-0.39, 0.29) is 18.4 Å². The molecule has 29 heavy (non-hydrogen) atoms. The molecule has 2 aromatic carbocycles. The van der Waals surface area contributed by atoms with Gasteiger partial charge in [0.2, 0.25) is 0 Å². The van der Waals surface area contributed by atoms with Gasteiger partial charge in [0.25, 0.3) is 11.8 Å². The number of hydrogen-bond donors (Lipinski definition) is 0. The van der Waals surface area contributed by atoms with E-state index in [1.807, 2.05) is 18.2 Å². The highest BCUT2D eigenvalue weighted by Gasteiger charge is 2.49. The fourth-order valence-corrected chi connectivity index (χ4v) is 4.16. The number of fused-ring (bicyclic) bond motifs is 5. The number of furan rings is 1. The SMILES string of the molecule is COc1ccc2c(c1OC)C(=O)N1c3ccccc3C(=O)N(Cc3ccco3)[C@@H]21. The third-order valence-corrected chi connectivity index (χ3v) is 5.39. The first-order valence-corrected chi connectivity index (χ1v) is 9.16. The number of carbonyl (C=O) groups excluding carboxylic acids is 2. The number of methoxy groups -OCH3 is 2. The van der Waals surface area contributed by atoms with Gasteiger partial charge in [-0.05, 0) is 30.3 Å². The minimum absolute atomic E-state index is 0.159. The number of amides is 2. The van der Waals surface area contributed by atoms with Crippen LogP contribution in [0.2, 0.25) is 0 Å². The van der Waals surface area contributed by atoms with Gasteiger partial charge in [0.15, 0.2) is 11.5 Å². The molecule has 1 aromatic heterocycles. The Morgan fingerprint density at radius 2 is 1.79 bits per heavy atom. The fourth-order valence-electron chi connectivity index (χ4n) is 4.16. The average molecular weight is 390 g/mol. The molecule has 3 aromatic rings. The van der Waals surface area contributed by atoms with E-state index in [4.69, 9.17) is 13.9 Å². The predicted octanol–water partition coefficient (Wildman–Crippen LogP) is 3.61. The van der Waals surface area contributed by atoms with Gasteiger partial charge in [-0.1, -0.05) is 18.2 Å². The van der Waals surface area contributed by atoms with E-state index in [9.17, 15) is 9.59 Å². The second-order valence-corrected chi connectivity index (χ2v) is 6.84. The molecule has 0 saturated heterocycles. The van der Waals surface area contributed by atoms with Crippen LogP contribution in [0.15, 0.2) is 59.2 Å². The quantitative estimate of drug-likeness (QED) is 0.681. The zero-order chi connectivity index (χ0) is 20.1. The van der Waals surface area contributed by atoms with E-state index in [0.29, 0.717) is 39.6 Å². The minimum Gasteiger partial charge on any atom is -0.493 e. The van der Waals surface area contributed by atoms with Crippen LogP contribution in [0.5, 0.6) is 11.5 Å². The molecule has 0 bridgehead atoms. The van der Waals surface area contributed by atoms with Crippen molar-refractivity contribution in [2.24, 2.45) is 0 Å². The maximum Gasteiger partial charge on any atom is 0.264 e. The smallest absolute Gasteiger partial charge is 0.264 e. The van der Waals surface area contributed by atoms with Crippen LogP contribution in [-0.2, 0) is 6.54 Å². The Morgan fingerprint density at radius 1 is 0.966 bits per heavy atom. The van der Waals surface area contributed by atoms with Crippen LogP contribution in [0.25, 0.3) is 0 Å². The molecular weight excluding hydrogens is 372 g/mol. The van der Waals surface area contributed by atoms with Crippen molar-refractivity contribution >= 4 is 17.5 Å². The van der Waals surface area contributed by atoms with Crippen molar-refractivity contribution in [3.05, 3.63) is 77.2 Å². The molecule has 146 valence electrons. The predicted molar refractivity (Wildman–Crippen MR) is 104 cm³/mol. The van der Waals surface area contributed by atoms with E-state index in [0.717, 1.165) is 0 Å². The summed E-state index contributed by atoms with van der Waals surface area (Å²) >= 11 is 0. The van der Waals surface area contributed by atoms with Crippen LogP contribution >= 0.6 is 0 Å². The standard InChI is InChI=1S/C22H18N2O5/c1-27-17-10-9-15-18(19(17)28-2)22(26)24-16-8-4-3-7-14(16)21(25)23(20(15)24)12-13-6-5-11-29-13/h3-11,20H,12H2,1-2H3/t20-/m1/s1. The van der Waals surface area contributed by atoms with Crippen LogP contribution in [0.3, 0.4) is 0 Å². The first-order valence-electron chi connectivity index (χ1n) is 9.16. The lowest BCUT2D eigenvalue weighted by atomic mass is 10.0. The summed E-state index contributed by atoms with van der Waals surface area (Å²) in [6.07, 6.45) is 0.974. The summed E-state index contributed by atoms with van der Waals surface area (Å²) in [6, 6.07) is 14.3. The highest BCUT2D eigenvalue weighted by Crippen LogP contribution is 2.50. The third-order valence-electron chi connectivity index (χ3n) is 5.39. The Morgan fingerprint density at radius 3 is 2.52 bits per heavy atom. The van der Waals surface area contributed by atoms with Gasteiger partial charge < -0.3 is 18.8 Å². The Hall–Kier alpha value is -3.74. The van der Waals surface area contributed by atoms with Crippen molar-refractivity contribution in [3.8, 4) is 11.5 Å². The van der Waals surface area contributed by atoms with Gasteiger partial charge in [0.05, 0.1) is 43.8 Å². The lowest BCUT2D eigenvalue weighted by molar-refractivity contribution is 0.0614. The molecule has 3 heterocycles. The van der Waals surface area contributed by atoms with Crippen molar-refractivity contribution in [1.29, 1.82) is 0 Å². The molecule has 0 spiro atoms. The van der Waals surface area contributed by atoms with Crippen molar-refractivity contribution in [3.63, 3.8) is 0 Å². The second-order valence-electron chi connectivity index (χ2n) is 6.84. The van der Waals surface area contributed by atoms with Crippen molar-refractivity contribution < 1.29 is 23.5 Å². The number of nitrogens with zero attached hydrogens (tertiary/aromatic N) is 2. The van der Waals surface area contributed by atoms with E-state index >= 15 is 0 Å². The van der Waals surface area contributed by atoms with E-state index < -0.39 is 6.17 Å². The molecule has 0 saturated carbocycles. The van der Waals surface area contributed by atoms with Gasteiger partial charge in [-0.15, -0.1) is 0 Å². The van der Waals surface area contributed by atoms with Gasteiger partial charge in [-0.25, -0.2) is 0 Å². The van der Waals surface area contributed by atoms with Gasteiger partial charge in [0.1, 0.15) is 11.9 Å². The zero-order valence-corrected chi connectivity index (χ0v) is 15.9. The first-order chi connectivity index (χ1) is 14.2. The third kappa shape index (κ3) is 2.37. The van der Waals surface area contributed by atoms with E-state index in [2.05, 4.69) is 0 Å². The summed E-state index contributed by atoms with van der Waals surface area (Å²) in [5, 5.41) is 0. The Kier molecular flexibility index (Phi) is 3.84. The van der Waals surface area contributed by atoms with Crippen molar-refractivity contribution in [2.75, 3.05) is 19.1 Å². The molecule has 5 rings (SSSR count). The summed E-state index contributed by atoms with van der Waals surface area (Å²) in [7, 11) is 3.03. The molecule has 0 aliphatic carbocycles. The number of anilines is 1. The number of benzene rings is 2. The highest BCUT2D eigenvalue weighted by molar-refractivity contribution is 6.18. The molecule has 0 N–H and O–H groups in total. The Bertz CT molecular complexity index is 1120. The van der Waals surface area contributed by atoms with Crippen LogP contribution in [0.1, 0.15) is 38.2 Å². The Balaban J connectivity index is 1.74. The molecular formula is C22H18N2O5. The minimum atomic E-state index is -0.593. The van der Waals surface area contributed by atoms with E-state index in [1.165, 1.54) is 14.2 Å². The molecule has 0 unspecified atom stereocenters. The lowest BCUT2D eigenvalue weighted by Crippen LogP contribution is -2.47. The summed E-state index contributed by atoms with van der Waals surface area (Å²) in [5.41, 5.74) is 2.16. The van der Waals surface area contributed by atoms with Crippen molar-refractivity contribution in [2.45, 2.75) is 12.7 Å². The molecule has 7 nitrogen and oxygen atoms in total. The highest BCUT2D eigenvalue weighted by atomic mass is 16.5. The molecule has 2 aliphatic heterocycles. The van der Waals surface area contributed by atoms with Gasteiger partial charge in [-0.3, -0.25) is 14.5 Å². The van der Waals surface area contributed by atoms with Crippen LogP contribution in [0, 0.1) is 0 Å². The molecule has 7 heteroatoms. The topological polar surface area (TPSA) is 72.2 Å². The summed E-state index contributed by atoms with van der Waals surface area (Å²) in [5.74, 6) is 1.09. The molecule has 0 radical (unpaired) electrons. The van der Waals surface area contributed by atoms with Gasteiger partial charge in [-0.2, -0.15) is 0 Å². The molecule has 2 amide bonds. The number of carbonyl (C=O) groups is 2.